The number of hydrogen-bond acceptors (Lipinski definition) is 5. The maximum absolute atomic E-state index is 7.95. The summed E-state index contributed by atoms with van der Waals surface area (Å²) in [5.41, 5.74) is 39.4. The van der Waals surface area contributed by atoms with Crippen molar-refractivity contribution in [2.45, 2.75) is 181 Å². The van der Waals surface area contributed by atoms with Gasteiger partial charge in [0, 0.05) is 27.7 Å². The van der Waals surface area contributed by atoms with E-state index in [0.29, 0.717) is 0 Å². The van der Waals surface area contributed by atoms with Gasteiger partial charge in [-0.2, -0.15) is 0 Å². The van der Waals surface area contributed by atoms with Crippen LogP contribution in [0.2, 0.25) is 0 Å². The van der Waals surface area contributed by atoms with E-state index >= 15 is 0 Å². The maximum atomic E-state index is 7.95. The van der Waals surface area contributed by atoms with E-state index in [9.17, 15) is 0 Å². The van der Waals surface area contributed by atoms with Gasteiger partial charge >= 0.3 is 39.0 Å². The zero-order chi connectivity index (χ0) is 62.1. The van der Waals surface area contributed by atoms with E-state index in [4.69, 9.17) is 44.6 Å². The first-order valence-electron chi connectivity index (χ1n) is 32.4. The van der Waals surface area contributed by atoms with Gasteiger partial charge in [-0.05, 0) is 162 Å². The van der Waals surface area contributed by atoms with E-state index in [1.807, 2.05) is 0 Å². The molecule has 5 aliphatic heterocycles. The second-order valence-corrected chi connectivity index (χ2v) is 25.3. The molecule has 0 saturated carbocycles. The van der Waals surface area contributed by atoms with Crippen LogP contribution in [-0.4, -0.2) is 19.9 Å². The van der Waals surface area contributed by atoms with E-state index in [0.717, 1.165) is 208 Å². The molecule has 6 aromatic heterocycles. The number of para-hydroxylation sites is 2. The predicted octanol–water partition coefficient (Wildman–Crippen LogP) is 20.1. The van der Waals surface area contributed by atoms with Gasteiger partial charge in [0.1, 0.15) is 11.5 Å². The Kier molecular flexibility index (Phi) is 17.4. The molecule has 0 aliphatic carbocycles. The summed E-state index contributed by atoms with van der Waals surface area (Å²) in [6.45, 7) is 40.4. The second-order valence-electron chi connectivity index (χ2n) is 25.3. The van der Waals surface area contributed by atoms with Crippen LogP contribution >= 0.6 is 0 Å². The molecular weight excluding hydrogens is 1210 g/mol. The van der Waals surface area contributed by atoms with Gasteiger partial charge in [-0.3, -0.25) is 0 Å². The van der Waals surface area contributed by atoms with Crippen LogP contribution < -0.4 is 24.7 Å². The van der Waals surface area contributed by atoms with E-state index < -0.39 is 5.41 Å². The molecule has 0 unspecified atom stereocenters. The zero-order valence-electron chi connectivity index (χ0n) is 56.5. The van der Waals surface area contributed by atoms with Crippen molar-refractivity contribution < 1.29 is 43.7 Å². The molecule has 0 spiro atoms. The number of rotatable bonds is 10. The molecule has 11 heteroatoms. The minimum Gasteiger partial charge on any atom is -0.657 e. The summed E-state index contributed by atoms with van der Waals surface area (Å²) in [6.07, 6.45) is 6.62. The number of allylic oxidation sites excluding steroid dienone is 8. The summed E-state index contributed by atoms with van der Waals surface area (Å²) in [4.78, 5) is 44.8. The van der Waals surface area contributed by atoms with Crippen LogP contribution in [0.25, 0.3) is 111 Å². The predicted molar refractivity (Wildman–Crippen MR) is 369 cm³/mol. The summed E-state index contributed by atoms with van der Waals surface area (Å²) in [7, 11) is 0. The summed E-state index contributed by atoms with van der Waals surface area (Å²) < 4.78 is 7.95. The van der Waals surface area contributed by atoms with Gasteiger partial charge in [-0.1, -0.05) is 187 Å². The standard InChI is InChI=1S/C79H82N8O.2Zn/c1-19-47-39(9)59-33-67-51(23-5)43(13)73(84-67)71(74-44(14)52(24-6)68(85-74)34-60-40(10)48(20-2)64(81-60)37-63(47)80-59)55-29-27-31-57-77(55)88-78-56(30-28-32-58(78)79(57,17)18)72-75-45(15)53(25-7)69(86-75)35-61-41(11)49(21-3)65(82-61)38-66-50(22-4)42(12)62(83-66)36-70-54(26-8)46(16)76(72)87-70;;/h27-38H,19-26H2,1-18H3;;/q-4;2*+2. The molecule has 0 saturated heterocycles. The largest absolute Gasteiger partial charge is 2.00 e. The van der Waals surface area contributed by atoms with Crippen LogP contribution in [0.15, 0.2) is 72.8 Å². The molecule has 16 bridgehead atoms. The molecule has 13 rings (SSSR count). The van der Waals surface area contributed by atoms with Crippen LogP contribution in [0, 0.1) is 27.7 Å². The molecule has 8 aromatic rings. The number of aromatic nitrogens is 8. The van der Waals surface area contributed by atoms with Crippen molar-refractivity contribution in [2.24, 2.45) is 0 Å². The number of aryl methyl sites for hydroxylation is 8. The summed E-state index contributed by atoms with van der Waals surface area (Å²) in [5, 5.41) is 0. The van der Waals surface area contributed by atoms with Crippen molar-refractivity contribution in [1.82, 2.24) is 39.9 Å². The fraction of sp³-hybridized carbons (Fsp3) is 0.342. The Balaban J connectivity index is 0.00000417. The van der Waals surface area contributed by atoms with Crippen molar-refractivity contribution in [2.75, 3.05) is 0 Å². The Morgan fingerprint density at radius 3 is 1.02 bits per heavy atom. The molecule has 5 aliphatic rings. The van der Waals surface area contributed by atoms with Gasteiger partial charge in [-0.15, -0.1) is 44.1 Å². The van der Waals surface area contributed by atoms with E-state index in [1.165, 1.54) is 66.8 Å². The average molecular weight is 1290 g/mol. The zero-order valence-corrected chi connectivity index (χ0v) is 62.4. The number of nitrogens with zero attached hydrogens (tertiary/aromatic N) is 8. The molecular formula is C79H82N8OZn2. The minimum absolute atomic E-state index is 0. The van der Waals surface area contributed by atoms with Gasteiger partial charge < -0.3 is 24.7 Å². The smallest absolute Gasteiger partial charge is 0.657 e. The van der Waals surface area contributed by atoms with Gasteiger partial charge in [0.25, 0.3) is 0 Å². The average Bonchev–Trinajstić information content (AvgIpc) is 0.952. The molecule has 448 valence electrons. The van der Waals surface area contributed by atoms with Gasteiger partial charge in [0.15, 0.2) is 0 Å². The van der Waals surface area contributed by atoms with Crippen molar-refractivity contribution in [1.29, 1.82) is 0 Å². The maximum Gasteiger partial charge on any atom is 2.00 e. The minimum atomic E-state index is -0.536. The number of fused-ring (bicyclic) bond motifs is 18. The first-order chi connectivity index (χ1) is 42.3. The third-order valence-corrected chi connectivity index (χ3v) is 20.5. The normalized spacial score (nSPS) is 14.3. The van der Waals surface area contributed by atoms with E-state index in [2.05, 4.69) is 197 Å². The summed E-state index contributed by atoms with van der Waals surface area (Å²) in [6, 6.07) is 26.7. The van der Waals surface area contributed by atoms with Gasteiger partial charge in [0.05, 0.1) is 45.6 Å². The molecule has 0 N–H and O–H groups in total. The molecule has 2 aromatic carbocycles. The van der Waals surface area contributed by atoms with E-state index in [1.54, 1.807) is 0 Å². The Hall–Kier alpha value is -7.31. The number of hydrogen-bond donors (Lipinski definition) is 0. The molecule has 90 heavy (non-hydrogen) atoms. The van der Waals surface area contributed by atoms with Crippen LogP contribution in [-0.2, 0) is 70.1 Å². The van der Waals surface area contributed by atoms with Crippen LogP contribution in [0.3, 0.4) is 0 Å². The Bertz CT molecular complexity index is 4560. The first-order valence-corrected chi connectivity index (χ1v) is 32.4. The molecule has 0 atom stereocenters. The Labute approximate surface area is 557 Å². The van der Waals surface area contributed by atoms with Crippen molar-refractivity contribution in [3.63, 3.8) is 0 Å². The Morgan fingerprint density at radius 2 is 0.667 bits per heavy atom. The fourth-order valence-electron chi connectivity index (χ4n) is 15.4. The van der Waals surface area contributed by atoms with Gasteiger partial charge in [0.2, 0.25) is 0 Å². The second kappa shape index (κ2) is 24.4. The SMILES string of the molecule is CCC1=C(C)c2cc3[n-]c(c(C)c3CC)c(-c3cccc4c3Oc3c(-c5c6nc(cc7[n-]c(cc8nc(cc9[n-]c5c(C)c9CC)C(C)=C8CC)c(CC)c7C)C(CC)=C6C)cccc3C4(C)C)c3nc(cc4[n-]c(cc1n2)c(CC)c4C)C(CC)=C3C.[Zn+2].[Zn+2]. The topological polar surface area (TPSA) is 117 Å². The third-order valence-electron chi connectivity index (χ3n) is 20.5. The Morgan fingerprint density at radius 1 is 0.356 bits per heavy atom. The van der Waals surface area contributed by atoms with Crippen molar-refractivity contribution >= 4 is 88.7 Å². The first kappa shape index (κ1) is 64.2. The number of benzene rings is 2. The van der Waals surface area contributed by atoms with Crippen LogP contribution in [0.5, 0.6) is 11.5 Å². The molecule has 0 radical (unpaired) electrons. The molecule has 11 heterocycles. The molecule has 9 nitrogen and oxygen atoms in total. The quantitative estimate of drug-likeness (QED) is 0.123. The van der Waals surface area contributed by atoms with Crippen LogP contribution in [0.1, 0.15) is 224 Å². The van der Waals surface area contributed by atoms with Crippen LogP contribution in [0.4, 0.5) is 0 Å². The third kappa shape index (κ3) is 9.80. The van der Waals surface area contributed by atoms with Gasteiger partial charge in [-0.25, -0.2) is 19.9 Å². The monoisotopic (exact) mass is 1290 g/mol. The van der Waals surface area contributed by atoms with Crippen molar-refractivity contribution in [3.8, 4) is 33.8 Å². The summed E-state index contributed by atoms with van der Waals surface area (Å²) in [5.74, 6) is 1.58. The fourth-order valence-corrected chi connectivity index (χ4v) is 15.4. The summed E-state index contributed by atoms with van der Waals surface area (Å²) >= 11 is 0. The molecule has 0 amide bonds. The number of ether oxygens (including phenoxy) is 1. The van der Waals surface area contributed by atoms with Crippen molar-refractivity contribution in [3.05, 3.63) is 174 Å². The molecule has 0 fully saturated rings. The van der Waals surface area contributed by atoms with E-state index in [-0.39, 0.29) is 39.0 Å².